The zero-order valence-electron chi connectivity index (χ0n) is 13.7. The molecule has 1 aromatic carbocycles. The van der Waals surface area contributed by atoms with Crippen molar-refractivity contribution in [3.05, 3.63) is 57.1 Å². The molecule has 0 atom stereocenters. The fourth-order valence-electron chi connectivity index (χ4n) is 3.06. The largest absolute Gasteiger partial charge is 0.392 e. The van der Waals surface area contributed by atoms with Gasteiger partial charge in [-0.05, 0) is 61.2 Å². The van der Waals surface area contributed by atoms with Crippen LogP contribution in [0.1, 0.15) is 27.8 Å². The lowest BCUT2D eigenvalue weighted by Gasteiger charge is -2.13. The van der Waals surface area contributed by atoms with E-state index in [0.29, 0.717) is 16.9 Å². The molecule has 1 N–H and O–H groups in total. The minimum Gasteiger partial charge on any atom is -0.392 e. The molecular formula is C18H19N3O2. The maximum Gasteiger partial charge on any atom is 0.209 e. The van der Waals surface area contributed by atoms with Crippen LogP contribution in [0, 0.1) is 32.6 Å². The molecule has 0 aliphatic heterocycles. The van der Waals surface area contributed by atoms with Crippen molar-refractivity contribution in [1.29, 1.82) is 0 Å². The Hall–Kier alpha value is -2.53. The fraction of sp³-hybridized carbons (Fsp3) is 0.278. The van der Waals surface area contributed by atoms with E-state index in [2.05, 4.69) is 16.2 Å². The van der Waals surface area contributed by atoms with Crippen LogP contribution in [0.3, 0.4) is 0 Å². The van der Waals surface area contributed by atoms with Gasteiger partial charge in [0.25, 0.3) is 0 Å². The lowest BCUT2D eigenvalue weighted by atomic mass is 9.92. The number of hydrogen-bond donors (Lipinski definition) is 1. The van der Waals surface area contributed by atoms with E-state index in [-0.39, 0.29) is 12.4 Å². The first-order chi connectivity index (χ1) is 11.0. The summed E-state index contributed by atoms with van der Waals surface area (Å²) in [5.41, 5.74) is 7.24. The number of aryl methyl sites for hydroxylation is 2. The van der Waals surface area contributed by atoms with Gasteiger partial charge < -0.3 is 5.11 Å². The summed E-state index contributed by atoms with van der Waals surface area (Å²) >= 11 is 0. The predicted octanol–water partition coefficient (Wildman–Crippen LogP) is 4.13. The summed E-state index contributed by atoms with van der Waals surface area (Å²) in [7, 11) is 0. The number of nitrogens with zero attached hydrogens (tertiary/aromatic N) is 3. The van der Waals surface area contributed by atoms with Gasteiger partial charge >= 0.3 is 0 Å². The third kappa shape index (κ3) is 2.24. The Morgan fingerprint density at radius 1 is 1.17 bits per heavy atom. The van der Waals surface area contributed by atoms with E-state index in [4.69, 9.17) is 0 Å². The Balaban J connectivity index is 2.45. The molecule has 0 aliphatic rings. The Morgan fingerprint density at radius 2 is 1.83 bits per heavy atom. The van der Waals surface area contributed by atoms with Crippen molar-refractivity contribution in [2.45, 2.75) is 34.3 Å². The number of pyridine rings is 1. The van der Waals surface area contributed by atoms with Gasteiger partial charge in [0.05, 0.1) is 6.61 Å². The Bertz CT molecular complexity index is 900. The molecule has 0 unspecified atom stereocenters. The maximum absolute atomic E-state index is 11.5. The minimum atomic E-state index is -0.135. The standard InChI is InChI=1S/C18H19N3O2/c1-10-8-11(2)13(4)15(12(10)3)16-18(20-23)21-7-5-6-14(9-22)17(21)19-16/h5-8,22H,9H2,1-4H3. The van der Waals surface area contributed by atoms with Crippen LogP contribution in [0.2, 0.25) is 0 Å². The summed E-state index contributed by atoms with van der Waals surface area (Å²) in [6.45, 7) is 8.03. The molecule has 0 saturated heterocycles. The molecule has 5 heteroatoms. The van der Waals surface area contributed by atoms with Crippen LogP contribution in [0.25, 0.3) is 16.9 Å². The molecule has 2 heterocycles. The van der Waals surface area contributed by atoms with E-state index in [9.17, 15) is 10.0 Å². The van der Waals surface area contributed by atoms with E-state index in [1.54, 1.807) is 22.7 Å². The second kappa shape index (κ2) is 5.59. The molecule has 0 spiro atoms. The monoisotopic (exact) mass is 309 g/mol. The second-order valence-corrected chi connectivity index (χ2v) is 5.90. The predicted molar refractivity (Wildman–Crippen MR) is 91.0 cm³/mol. The highest BCUT2D eigenvalue weighted by molar-refractivity contribution is 5.81. The topological polar surface area (TPSA) is 67.0 Å². The third-order valence-electron chi connectivity index (χ3n) is 4.57. The van der Waals surface area contributed by atoms with E-state index in [1.165, 1.54) is 0 Å². The molecule has 3 rings (SSSR count). The van der Waals surface area contributed by atoms with Gasteiger partial charge in [-0.3, -0.25) is 4.40 Å². The summed E-state index contributed by atoms with van der Waals surface area (Å²) in [6, 6.07) is 5.71. The number of hydrogen-bond acceptors (Lipinski definition) is 4. The quantitative estimate of drug-likeness (QED) is 0.740. The molecular weight excluding hydrogens is 290 g/mol. The van der Waals surface area contributed by atoms with E-state index in [0.717, 1.165) is 27.8 Å². The third-order valence-corrected chi connectivity index (χ3v) is 4.57. The van der Waals surface area contributed by atoms with Gasteiger partial charge in [-0.1, -0.05) is 12.1 Å². The van der Waals surface area contributed by atoms with Gasteiger partial charge in [-0.2, -0.15) is 0 Å². The first kappa shape index (κ1) is 15.4. The molecule has 0 fully saturated rings. The summed E-state index contributed by atoms with van der Waals surface area (Å²) in [6.07, 6.45) is 1.75. The average Bonchev–Trinajstić information content (AvgIpc) is 2.91. The molecule has 3 aromatic rings. The minimum absolute atomic E-state index is 0.135. The number of aliphatic hydroxyl groups is 1. The van der Waals surface area contributed by atoms with Crippen LogP contribution in [0.15, 0.2) is 29.6 Å². The first-order valence-corrected chi connectivity index (χ1v) is 7.51. The van der Waals surface area contributed by atoms with Crippen LogP contribution in [0.5, 0.6) is 0 Å². The number of fused-ring (bicyclic) bond motifs is 1. The summed E-state index contributed by atoms with van der Waals surface area (Å²) in [5.74, 6) is 0.270. The van der Waals surface area contributed by atoms with Crippen LogP contribution < -0.4 is 0 Å². The molecule has 5 nitrogen and oxygen atoms in total. The van der Waals surface area contributed by atoms with Gasteiger partial charge in [-0.15, -0.1) is 4.91 Å². The average molecular weight is 309 g/mol. The molecule has 118 valence electrons. The van der Waals surface area contributed by atoms with Crippen LogP contribution in [0.4, 0.5) is 5.82 Å². The molecule has 0 amide bonds. The number of nitroso groups, excluding NO2 is 1. The van der Waals surface area contributed by atoms with Crippen molar-refractivity contribution in [3.63, 3.8) is 0 Å². The van der Waals surface area contributed by atoms with Crippen molar-refractivity contribution < 1.29 is 5.11 Å². The zero-order valence-corrected chi connectivity index (χ0v) is 13.7. The smallest absolute Gasteiger partial charge is 0.209 e. The normalized spacial score (nSPS) is 11.2. The SMILES string of the molecule is Cc1cc(C)c(C)c(-c2nc3c(CO)cccn3c2N=O)c1C. The summed E-state index contributed by atoms with van der Waals surface area (Å²) in [5, 5.41) is 12.7. The van der Waals surface area contributed by atoms with E-state index < -0.39 is 0 Å². The zero-order chi connectivity index (χ0) is 16.7. The Morgan fingerprint density at radius 3 is 2.39 bits per heavy atom. The van der Waals surface area contributed by atoms with Crippen molar-refractivity contribution in [2.75, 3.05) is 0 Å². The number of imidazole rings is 1. The van der Waals surface area contributed by atoms with Crippen LogP contribution in [-0.4, -0.2) is 14.5 Å². The number of aromatic nitrogens is 2. The number of aliphatic hydroxyl groups excluding tert-OH is 1. The molecule has 0 aliphatic carbocycles. The summed E-state index contributed by atoms with van der Waals surface area (Å²) < 4.78 is 1.64. The number of benzene rings is 1. The molecule has 0 bridgehead atoms. The highest BCUT2D eigenvalue weighted by Gasteiger charge is 2.21. The molecule has 0 saturated carbocycles. The Labute approximate surface area is 134 Å². The molecule has 0 radical (unpaired) electrons. The van der Waals surface area contributed by atoms with E-state index >= 15 is 0 Å². The molecule has 2 aromatic heterocycles. The van der Waals surface area contributed by atoms with Crippen molar-refractivity contribution in [1.82, 2.24) is 9.38 Å². The summed E-state index contributed by atoms with van der Waals surface area (Å²) in [4.78, 5) is 16.1. The van der Waals surface area contributed by atoms with Gasteiger partial charge in [0.2, 0.25) is 5.82 Å². The first-order valence-electron chi connectivity index (χ1n) is 7.51. The molecule has 23 heavy (non-hydrogen) atoms. The van der Waals surface area contributed by atoms with Gasteiger partial charge in [-0.25, -0.2) is 4.98 Å². The van der Waals surface area contributed by atoms with Crippen LogP contribution >= 0.6 is 0 Å². The van der Waals surface area contributed by atoms with Crippen molar-refractivity contribution in [2.24, 2.45) is 5.18 Å². The highest BCUT2D eigenvalue weighted by atomic mass is 16.3. The van der Waals surface area contributed by atoms with Crippen LogP contribution in [-0.2, 0) is 6.61 Å². The van der Waals surface area contributed by atoms with E-state index in [1.807, 2.05) is 27.7 Å². The van der Waals surface area contributed by atoms with Gasteiger partial charge in [0.1, 0.15) is 11.3 Å². The lowest BCUT2D eigenvalue weighted by Crippen LogP contribution is -1.95. The maximum atomic E-state index is 11.5. The lowest BCUT2D eigenvalue weighted by molar-refractivity contribution is 0.282. The fourth-order valence-corrected chi connectivity index (χ4v) is 3.06. The van der Waals surface area contributed by atoms with Gasteiger partial charge in [0, 0.05) is 17.3 Å². The number of rotatable bonds is 3. The highest BCUT2D eigenvalue weighted by Crippen LogP contribution is 2.37. The van der Waals surface area contributed by atoms with Crippen molar-refractivity contribution in [3.8, 4) is 11.3 Å². The van der Waals surface area contributed by atoms with Gasteiger partial charge in [0.15, 0.2) is 0 Å². The second-order valence-electron chi connectivity index (χ2n) is 5.90. The van der Waals surface area contributed by atoms with Crippen molar-refractivity contribution >= 4 is 11.5 Å². The Kier molecular flexibility index (Phi) is 3.74.